The summed E-state index contributed by atoms with van der Waals surface area (Å²) in [4.78, 5) is 29.1. The van der Waals surface area contributed by atoms with Crippen LogP contribution in [0.15, 0.2) is 18.2 Å². The van der Waals surface area contributed by atoms with E-state index in [0.29, 0.717) is 5.92 Å². The zero-order valence-corrected chi connectivity index (χ0v) is 23.0. The summed E-state index contributed by atoms with van der Waals surface area (Å²) < 4.78 is 13.5. The summed E-state index contributed by atoms with van der Waals surface area (Å²) in [5.74, 6) is 0.562. The molecule has 212 valence electrons. The number of carboxylic acids is 1. The fourth-order valence-corrected chi connectivity index (χ4v) is 6.14. The molecule has 2 saturated carbocycles. The highest BCUT2D eigenvalue weighted by Gasteiger charge is 2.35. The Labute approximate surface area is 229 Å². The van der Waals surface area contributed by atoms with Crippen LogP contribution in [0.4, 0.5) is 10.6 Å². The molecule has 0 spiro atoms. The number of aryl methyl sites for hydroxylation is 4. The highest BCUT2D eigenvalue weighted by molar-refractivity contribution is 5.79. The standard InChI is InChI=1S/C29H41N5O5/c1-18-15-19(2)34(33-18)25-6-3-7-26(25)39-29(37)32-24(28(35)36)12-14-38-23-16-20(17-23)8-10-22-11-9-21-5-4-13-30-27(21)31-22/h9,11,15,20,23-26H,3-8,10,12-14,16-17H2,1-2H3,(H,30,31)(H,32,37)(H,35,36)/t20?,23?,24?,25-,26-/m1/s1. The van der Waals surface area contributed by atoms with E-state index < -0.39 is 18.1 Å². The van der Waals surface area contributed by atoms with E-state index in [4.69, 9.17) is 14.5 Å². The molecule has 1 unspecified atom stereocenters. The average Bonchev–Trinajstić information content (AvgIpc) is 3.48. The van der Waals surface area contributed by atoms with Crippen LogP contribution < -0.4 is 10.6 Å². The van der Waals surface area contributed by atoms with Gasteiger partial charge in [-0.15, -0.1) is 0 Å². The van der Waals surface area contributed by atoms with Gasteiger partial charge in [-0.25, -0.2) is 14.6 Å². The van der Waals surface area contributed by atoms with Crippen molar-refractivity contribution in [1.82, 2.24) is 20.1 Å². The molecule has 2 aromatic rings. The fraction of sp³-hybridized carbons (Fsp3) is 0.655. The van der Waals surface area contributed by atoms with Crippen LogP contribution in [0.5, 0.6) is 0 Å². The molecule has 3 atom stereocenters. The number of aliphatic carboxylic acids is 1. The van der Waals surface area contributed by atoms with Crippen LogP contribution in [0.2, 0.25) is 0 Å². The molecule has 5 rings (SSSR count). The number of carbonyl (C=O) groups excluding carboxylic acids is 1. The lowest BCUT2D eigenvalue weighted by Gasteiger charge is -2.35. The van der Waals surface area contributed by atoms with E-state index in [1.54, 1.807) is 0 Å². The van der Waals surface area contributed by atoms with Gasteiger partial charge >= 0.3 is 12.1 Å². The van der Waals surface area contributed by atoms with E-state index in [2.05, 4.69) is 27.9 Å². The number of carbonyl (C=O) groups is 2. The van der Waals surface area contributed by atoms with Crippen LogP contribution in [0.1, 0.15) is 80.1 Å². The van der Waals surface area contributed by atoms with Gasteiger partial charge in [-0.1, -0.05) is 6.07 Å². The maximum absolute atomic E-state index is 12.6. The molecule has 10 nitrogen and oxygen atoms in total. The third kappa shape index (κ3) is 6.90. The first-order chi connectivity index (χ1) is 18.9. The second-order valence-electron chi connectivity index (χ2n) is 11.3. The van der Waals surface area contributed by atoms with E-state index >= 15 is 0 Å². The van der Waals surface area contributed by atoms with Gasteiger partial charge in [0.15, 0.2) is 0 Å². The number of aromatic nitrogens is 3. The Kier molecular flexibility index (Phi) is 8.69. The lowest BCUT2D eigenvalue weighted by atomic mass is 9.79. The van der Waals surface area contributed by atoms with Crippen LogP contribution in [0.25, 0.3) is 0 Å². The summed E-state index contributed by atoms with van der Waals surface area (Å²) in [6.07, 6.45) is 8.12. The Morgan fingerprint density at radius 1 is 1.23 bits per heavy atom. The molecule has 2 fully saturated rings. The van der Waals surface area contributed by atoms with Gasteiger partial charge in [0.2, 0.25) is 0 Å². The number of pyridine rings is 1. The molecule has 39 heavy (non-hydrogen) atoms. The van der Waals surface area contributed by atoms with E-state index in [-0.39, 0.29) is 31.3 Å². The van der Waals surface area contributed by atoms with Gasteiger partial charge in [0.05, 0.1) is 17.8 Å². The summed E-state index contributed by atoms with van der Waals surface area (Å²) in [6.45, 7) is 5.21. The Balaban J connectivity index is 1.000. The van der Waals surface area contributed by atoms with Crippen molar-refractivity contribution in [1.29, 1.82) is 0 Å². The molecular weight excluding hydrogens is 498 g/mol. The molecule has 2 aromatic heterocycles. The number of anilines is 1. The van der Waals surface area contributed by atoms with E-state index in [1.165, 1.54) is 5.56 Å². The SMILES string of the molecule is Cc1cc(C)n([C@@H]2CCC[C@H]2OC(=O)NC(CCOC2CC(CCc3ccc4c(n3)NCCC4)C2)C(=O)O)n1. The molecule has 1 amide bonds. The number of rotatable bonds is 11. The van der Waals surface area contributed by atoms with Crippen LogP contribution >= 0.6 is 0 Å². The summed E-state index contributed by atoms with van der Waals surface area (Å²) >= 11 is 0. The van der Waals surface area contributed by atoms with Gasteiger partial charge in [0.25, 0.3) is 0 Å². The minimum atomic E-state index is -1.09. The van der Waals surface area contributed by atoms with Gasteiger partial charge in [-0.05, 0) is 95.2 Å². The Morgan fingerprint density at radius 2 is 2.08 bits per heavy atom. The van der Waals surface area contributed by atoms with Crippen molar-refractivity contribution in [3.63, 3.8) is 0 Å². The number of ether oxygens (including phenoxy) is 2. The first-order valence-electron chi connectivity index (χ1n) is 14.4. The Morgan fingerprint density at radius 3 is 2.85 bits per heavy atom. The molecule has 0 aromatic carbocycles. The topological polar surface area (TPSA) is 128 Å². The lowest BCUT2D eigenvalue weighted by Crippen LogP contribution is -2.44. The number of amides is 1. The summed E-state index contributed by atoms with van der Waals surface area (Å²) in [7, 11) is 0. The van der Waals surface area contributed by atoms with E-state index in [0.717, 1.165) is 87.2 Å². The minimum absolute atomic E-state index is 0.0256. The monoisotopic (exact) mass is 539 g/mol. The van der Waals surface area contributed by atoms with E-state index in [1.807, 2.05) is 24.6 Å². The average molecular weight is 540 g/mol. The second-order valence-corrected chi connectivity index (χ2v) is 11.3. The van der Waals surface area contributed by atoms with Gasteiger partial charge in [0.1, 0.15) is 18.0 Å². The fourth-order valence-electron chi connectivity index (χ4n) is 6.14. The predicted molar refractivity (Wildman–Crippen MR) is 146 cm³/mol. The molecule has 2 aliphatic carbocycles. The highest BCUT2D eigenvalue weighted by Crippen LogP contribution is 2.35. The normalized spacial score (nSPS) is 24.8. The van der Waals surface area contributed by atoms with Gasteiger partial charge in [0, 0.05) is 31.0 Å². The highest BCUT2D eigenvalue weighted by atomic mass is 16.6. The predicted octanol–water partition coefficient (Wildman–Crippen LogP) is 4.34. The molecule has 10 heteroatoms. The number of hydrogen-bond acceptors (Lipinski definition) is 7. The summed E-state index contributed by atoms with van der Waals surface area (Å²) in [5, 5.41) is 20.1. The van der Waals surface area contributed by atoms with Gasteiger partial charge in [-0.2, -0.15) is 5.10 Å². The van der Waals surface area contributed by atoms with Crippen molar-refractivity contribution >= 4 is 17.9 Å². The first kappa shape index (κ1) is 27.4. The molecular formula is C29H41N5O5. The van der Waals surface area contributed by atoms with Crippen molar-refractivity contribution in [2.75, 3.05) is 18.5 Å². The molecule has 3 N–H and O–H groups in total. The van der Waals surface area contributed by atoms with Crippen molar-refractivity contribution in [2.45, 2.75) is 102 Å². The van der Waals surface area contributed by atoms with Crippen LogP contribution in [0, 0.1) is 19.8 Å². The first-order valence-corrected chi connectivity index (χ1v) is 14.4. The smallest absolute Gasteiger partial charge is 0.408 e. The third-order valence-electron chi connectivity index (χ3n) is 8.34. The number of alkyl carbamates (subject to hydrolysis) is 1. The number of fused-ring (bicyclic) bond motifs is 1. The van der Waals surface area contributed by atoms with Gasteiger partial charge < -0.3 is 25.2 Å². The zero-order valence-electron chi connectivity index (χ0n) is 23.0. The lowest BCUT2D eigenvalue weighted by molar-refractivity contribution is -0.140. The quantitative estimate of drug-likeness (QED) is 0.385. The second kappa shape index (κ2) is 12.4. The summed E-state index contributed by atoms with van der Waals surface area (Å²) in [6, 6.07) is 5.28. The number of nitrogens with zero attached hydrogens (tertiary/aromatic N) is 3. The summed E-state index contributed by atoms with van der Waals surface area (Å²) in [5.41, 5.74) is 4.40. The van der Waals surface area contributed by atoms with Crippen molar-refractivity contribution < 1.29 is 24.2 Å². The van der Waals surface area contributed by atoms with Crippen molar-refractivity contribution in [2.24, 2.45) is 5.92 Å². The number of carboxylic acid groups (broad SMARTS) is 1. The van der Waals surface area contributed by atoms with Crippen molar-refractivity contribution in [3.8, 4) is 0 Å². The van der Waals surface area contributed by atoms with E-state index in [9.17, 15) is 14.7 Å². The largest absolute Gasteiger partial charge is 0.480 e. The molecule has 1 aliphatic heterocycles. The maximum atomic E-state index is 12.6. The molecule has 0 radical (unpaired) electrons. The number of nitrogens with one attached hydrogen (secondary N) is 2. The number of hydrogen-bond donors (Lipinski definition) is 3. The van der Waals surface area contributed by atoms with Crippen molar-refractivity contribution in [3.05, 3.63) is 40.8 Å². The van der Waals surface area contributed by atoms with Crippen LogP contribution in [0.3, 0.4) is 0 Å². The molecule has 0 saturated heterocycles. The molecule has 3 aliphatic rings. The van der Waals surface area contributed by atoms with Gasteiger partial charge in [-0.3, -0.25) is 4.68 Å². The zero-order chi connectivity index (χ0) is 27.4. The Bertz CT molecular complexity index is 1160. The maximum Gasteiger partial charge on any atom is 0.408 e. The molecule has 0 bridgehead atoms. The molecule has 3 heterocycles. The third-order valence-corrected chi connectivity index (χ3v) is 8.34. The van der Waals surface area contributed by atoms with Crippen LogP contribution in [-0.2, 0) is 27.1 Å². The Hall–Kier alpha value is -3.14. The minimum Gasteiger partial charge on any atom is -0.480 e. The van der Waals surface area contributed by atoms with Crippen LogP contribution in [-0.4, -0.2) is 63.3 Å².